The van der Waals surface area contributed by atoms with Crippen LogP contribution in [0.4, 0.5) is 13.2 Å². The van der Waals surface area contributed by atoms with E-state index in [0.29, 0.717) is 25.2 Å². The predicted octanol–water partition coefficient (Wildman–Crippen LogP) is 5.74. The fourth-order valence-corrected chi connectivity index (χ4v) is 5.96. The van der Waals surface area contributed by atoms with Gasteiger partial charge in [0.1, 0.15) is 17.8 Å². The van der Waals surface area contributed by atoms with Crippen molar-refractivity contribution < 1.29 is 22.7 Å². The van der Waals surface area contributed by atoms with Crippen molar-refractivity contribution in [2.24, 2.45) is 5.92 Å². The highest BCUT2D eigenvalue weighted by Crippen LogP contribution is 2.42. The molecule has 1 aromatic heterocycles. The lowest BCUT2D eigenvalue weighted by Gasteiger charge is -2.41. The molecule has 4 aromatic rings. The minimum Gasteiger partial charge on any atom is -0.374 e. The van der Waals surface area contributed by atoms with Crippen molar-refractivity contribution in [1.29, 1.82) is 0 Å². The first-order chi connectivity index (χ1) is 19.4. The predicted molar refractivity (Wildman–Crippen MR) is 148 cm³/mol. The second-order valence-corrected chi connectivity index (χ2v) is 10.9. The van der Waals surface area contributed by atoms with Crippen LogP contribution in [0.1, 0.15) is 45.7 Å². The second-order valence-electron chi connectivity index (χ2n) is 10.9. The van der Waals surface area contributed by atoms with Gasteiger partial charge in [0.25, 0.3) is 0 Å². The summed E-state index contributed by atoms with van der Waals surface area (Å²) in [6.07, 6.45) is -0.778. The van der Waals surface area contributed by atoms with E-state index in [2.05, 4.69) is 10.3 Å². The summed E-state index contributed by atoms with van der Waals surface area (Å²) in [6, 6.07) is 18.4. The van der Waals surface area contributed by atoms with E-state index in [1.165, 1.54) is 0 Å². The number of aromatic nitrogens is 1. The number of hydrogen-bond donors (Lipinski definition) is 2. The zero-order chi connectivity index (χ0) is 27.8. The highest BCUT2D eigenvalue weighted by Gasteiger charge is 2.40. The van der Waals surface area contributed by atoms with Gasteiger partial charge in [-0.15, -0.1) is 0 Å². The summed E-state index contributed by atoms with van der Waals surface area (Å²) in [5.74, 6) is -2.16. The number of ketones is 1. The molecule has 1 fully saturated rings. The number of Topliss-reactive ketones (excluding diaryl/α,β-unsaturated/α-hetero) is 1. The van der Waals surface area contributed by atoms with Gasteiger partial charge in [0.2, 0.25) is 0 Å². The Kier molecular flexibility index (Phi) is 7.49. The maximum absolute atomic E-state index is 15.9. The molecule has 0 amide bonds. The van der Waals surface area contributed by atoms with Crippen LogP contribution in [0.3, 0.4) is 0 Å². The number of alkyl halides is 1. The number of H-pyrrole nitrogens is 1. The molecule has 8 heteroatoms. The third kappa shape index (κ3) is 5.07. The zero-order valence-corrected chi connectivity index (χ0v) is 22.3. The minimum absolute atomic E-state index is 0.0233. The fourth-order valence-electron chi connectivity index (χ4n) is 5.96. The first-order valence-corrected chi connectivity index (χ1v) is 13.8. The average molecular weight is 548 g/mol. The van der Waals surface area contributed by atoms with Gasteiger partial charge < -0.3 is 15.0 Å². The lowest BCUT2D eigenvalue weighted by Crippen LogP contribution is -2.47. The van der Waals surface area contributed by atoms with Crippen LogP contribution in [0.2, 0.25) is 0 Å². The third-order valence-corrected chi connectivity index (χ3v) is 8.13. The van der Waals surface area contributed by atoms with Crippen molar-refractivity contribution in [3.8, 4) is 0 Å². The summed E-state index contributed by atoms with van der Waals surface area (Å²) in [6.45, 7) is 3.02. The Balaban J connectivity index is 1.33. The average Bonchev–Trinajstić information content (AvgIpc) is 3.27. The summed E-state index contributed by atoms with van der Waals surface area (Å²) in [4.78, 5) is 17.9. The van der Waals surface area contributed by atoms with Crippen molar-refractivity contribution in [3.63, 3.8) is 0 Å². The zero-order valence-electron chi connectivity index (χ0n) is 22.3. The highest BCUT2D eigenvalue weighted by molar-refractivity contribution is 5.98. The molecule has 0 saturated carbocycles. The SMILES string of the molecule is C[C@@H]1Cc2c([nH]c3ccccc23)[C@@H](c2c(F)cc(C(=O)C3CNC3)cc2F)N1C[C@@H](F)COCc1ccccc1. The molecule has 1 saturated heterocycles. The van der Waals surface area contributed by atoms with Crippen LogP contribution in [0.15, 0.2) is 66.7 Å². The van der Waals surface area contributed by atoms with Gasteiger partial charge in [-0.3, -0.25) is 9.69 Å². The van der Waals surface area contributed by atoms with E-state index < -0.39 is 23.8 Å². The van der Waals surface area contributed by atoms with Crippen molar-refractivity contribution in [2.75, 3.05) is 26.2 Å². The number of benzene rings is 3. The number of ether oxygens (including phenoxy) is 1. The van der Waals surface area contributed by atoms with Gasteiger partial charge in [-0.2, -0.15) is 0 Å². The van der Waals surface area contributed by atoms with Crippen LogP contribution in [0, 0.1) is 17.6 Å². The Morgan fingerprint density at radius 3 is 2.45 bits per heavy atom. The molecular formula is C32H32F3N3O2. The number of rotatable bonds is 9. The van der Waals surface area contributed by atoms with Crippen molar-refractivity contribution in [2.45, 2.75) is 38.2 Å². The Morgan fingerprint density at radius 1 is 1.05 bits per heavy atom. The van der Waals surface area contributed by atoms with Crippen molar-refractivity contribution in [1.82, 2.24) is 15.2 Å². The number of nitrogens with one attached hydrogen (secondary N) is 2. The summed E-state index contributed by atoms with van der Waals surface area (Å²) >= 11 is 0. The first-order valence-electron chi connectivity index (χ1n) is 13.8. The maximum Gasteiger partial charge on any atom is 0.168 e. The van der Waals surface area contributed by atoms with Crippen LogP contribution in [-0.4, -0.2) is 54.1 Å². The molecule has 40 heavy (non-hydrogen) atoms. The Morgan fingerprint density at radius 2 is 1.75 bits per heavy atom. The normalized spacial score (nSPS) is 20.3. The number of fused-ring (bicyclic) bond motifs is 3. The monoisotopic (exact) mass is 547 g/mol. The standard InChI is InChI=1S/C32H32F3N3O2/c1-19-11-25-24-9-5-6-10-28(24)37-30(25)31(38(19)16-23(33)18-40-17-20-7-3-2-4-8-20)29-26(34)12-21(13-27(29)35)32(39)22-14-36-15-22/h2-10,12-13,19,22-23,31,36-37H,11,14-18H2,1H3/t19-,23-,31-/m1/s1. The highest BCUT2D eigenvalue weighted by atomic mass is 19.1. The van der Waals surface area contributed by atoms with Crippen molar-refractivity contribution >= 4 is 16.7 Å². The molecule has 0 aliphatic carbocycles. The first kappa shape index (κ1) is 26.7. The number of hydrogen-bond acceptors (Lipinski definition) is 4. The Bertz CT molecular complexity index is 1500. The molecule has 3 heterocycles. The van der Waals surface area contributed by atoms with Gasteiger partial charge in [0, 0.05) is 59.3 Å². The fraction of sp³-hybridized carbons (Fsp3) is 0.344. The molecule has 3 atom stereocenters. The topological polar surface area (TPSA) is 57.4 Å². The molecule has 208 valence electrons. The second kappa shape index (κ2) is 11.2. The number of para-hydroxylation sites is 1. The van der Waals surface area contributed by atoms with Gasteiger partial charge in [-0.1, -0.05) is 48.5 Å². The maximum atomic E-state index is 15.9. The summed E-state index contributed by atoms with van der Waals surface area (Å²) in [5.41, 5.74) is 3.27. The van der Waals surface area contributed by atoms with Gasteiger partial charge in [0.15, 0.2) is 5.78 Å². The smallest absolute Gasteiger partial charge is 0.168 e. The minimum atomic E-state index is -1.38. The van der Waals surface area contributed by atoms with Crippen LogP contribution < -0.4 is 5.32 Å². The largest absolute Gasteiger partial charge is 0.374 e. The summed E-state index contributed by atoms with van der Waals surface area (Å²) in [5, 5.41) is 4.00. The number of halogens is 3. The summed E-state index contributed by atoms with van der Waals surface area (Å²) < 4.78 is 52.8. The van der Waals surface area contributed by atoms with Gasteiger partial charge >= 0.3 is 0 Å². The number of aromatic amines is 1. The summed E-state index contributed by atoms with van der Waals surface area (Å²) in [7, 11) is 0. The van der Waals surface area contributed by atoms with Crippen LogP contribution in [0.25, 0.3) is 10.9 Å². The molecule has 6 rings (SSSR count). The molecule has 0 unspecified atom stereocenters. The molecule has 3 aromatic carbocycles. The van der Waals surface area contributed by atoms with E-state index >= 15 is 13.2 Å². The molecule has 2 aliphatic heterocycles. The van der Waals surface area contributed by atoms with E-state index in [0.717, 1.165) is 34.2 Å². The van der Waals surface area contributed by atoms with E-state index in [4.69, 9.17) is 4.74 Å². The van der Waals surface area contributed by atoms with Gasteiger partial charge in [0.05, 0.1) is 19.3 Å². The van der Waals surface area contributed by atoms with E-state index in [1.807, 2.05) is 66.4 Å². The van der Waals surface area contributed by atoms with Gasteiger partial charge in [-0.05, 0) is 42.7 Å². The van der Waals surface area contributed by atoms with E-state index in [-0.39, 0.29) is 48.6 Å². The molecular weight excluding hydrogens is 515 g/mol. The van der Waals surface area contributed by atoms with Crippen LogP contribution >= 0.6 is 0 Å². The quantitative estimate of drug-likeness (QED) is 0.263. The molecule has 0 radical (unpaired) electrons. The van der Waals surface area contributed by atoms with E-state index in [9.17, 15) is 4.79 Å². The molecule has 5 nitrogen and oxygen atoms in total. The van der Waals surface area contributed by atoms with E-state index in [1.54, 1.807) is 0 Å². The lowest BCUT2D eigenvalue weighted by atomic mass is 9.86. The van der Waals surface area contributed by atoms with Crippen molar-refractivity contribution in [3.05, 3.63) is 106 Å². The molecule has 2 aliphatic rings. The molecule has 2 N–H and O–H groups in total. The number of nitrogens with zero attached hydrogens (tertiary/aromatic N) is 1. The Hall–Kier alpha value is -3.46. The van der Waals surface area contributed by atoms with Gasteiger partial charge in [-0.25, -0.2) is 13.2 Å². The molecule has 0 spiro atoms. The Labute approximate surface area is 231 Å². The van der Waals surface area contributed by atoms with Crippen LogP contribution in [0.5, 0.6) is 0 Å². The lowest BCUT2D eigenvalue weighted by molar-refractivity contribution is 0.0327. The number of carbonyl (C=O) groups excluding carboxylic acids is 1. The number of carbonyl (C=O) groups is 1. The van der Waals surface area contributed by atoms with Crippen LogP contribution in [-0.2, 0) is 17.8 Å². The molecule has 0 bridgehead atoms. The third-order valence-electron chi connectivity index (χ3n) is 8.13.